The van der Waals surface area contributed by atoms with Crippen LogP contribution in [0.4, 0.5) is 17.1 Å². The largest absolute Gasteiger partial charge is 0.452 e. The monoisotopic (exact) mass is 437 g/mol. The molecule has 2 aliphatic rings. The van der Waals surface area contributed by atoms with Crippen LogP contribution in [0.2, 0.25) is 0 Å². The van der Waals surface area contributed by atoms with E-state index in [1.165, 1.54) is 12.1 Å². The molecule has 2 aliphatic heterocycles. The summed E-state index contributed by atoms with van der Waals surface area (Å²) in [6.45, 7) is 5.15. The molecule has 1 saturated heterocycles. The van der Waals surface area contributed by atoms with E-state index >= 15 is 0 Å². The Hall–Kier alpha value is -3.42. The summed E-state index contributed by atoms with van der Waals surface area (Å²) in [6, 6.07) is 12.0. The number of nitro groups is 1. The summed E-state index contributed by atoms with van der Waals surface area (Å²) in [6.07, 6.45) is 2.82. The van der Waals surface area contributed by atoms with E-state index in [1.807, 2.05) is 36.1 Å². The first kappa shape index (κ1) is 21.8. The second kappa shape index (κ2) is 8.98. The van der Waals surface area contributed by atoms with E-state index in [0.717, 1.165) is 43.6 Å². The number of para-hydroxylation sites is 1. The summed E-state index contributed by atoms with van der Waals surface area (Å²) in [7, 11) is 0. The van der Waals surface area contributed by atoms with Crippen LogP contribution in [0, 0.1) is 16.0 Å². The fraction of sp³-hybridized carbons (Fsp3) is 0.417. The molecule has 4 rings (SSSR count). The van der Waals surface area contributed by atoms with Crippen LogP contribution in [-0.4, -0.2) is 42.5 Å². The van der Waals surface area contributed by atoms with E-state index in [1.54, 1.807) is 11.0 Å². The maximum Gasteiger partial charge on any atom is 0.338 e. The van der Waals surface area contributed by atoms with Gasteiger partial charge in [-0.15, -0.1) is 0 Å². The number of hydrogen-bond acceptors (Lipinski definition) is 6. The van der Waals surface area contributed by atoms with Gasteiger partial charge in [0.05, 0.1) is 10.5 Å². The van der Waals surface area contributed by atoms with E-state index in [2.05, 4.69) is 6.92 Å². The molecule has 1 amide bonds. The third-order valence-corrected chi connectivity index (χ3v) is 6.21. The normalized spacial score (nSPS) is 20.1. The molecule has 1 fully saturated rings. The van der Waals surface area contributed by atoms with Crippen LogP contribution in [0.25, 0.3) is 0 Å². The zero-order valence-electron chi connectivity index (χ0n) is 18.3. The third-order valence-electron chi connectivity index (χ3n) is 6.21. The smallest absolute Gasteiger partial charge is 0.338 e. The molecule has 0 saturated carbocycles. The van der Waals surface area contributed by atoms with Crippen LogP contribution in [0.5, 0.6) is 0 Å². The highest BCUT2D eigenvalue weighted by Gasteiger charge is 2.31. The molecule has 0 spiro atoms. The van der Waals surface area contributed by atoms with Gasteiger partial charge in [-0.3, -0.25) is 14.9 Å². The number of amides is 1. The van der Waals surface area contributed by atoms with Gasteiger partial charge in [-0.25, -0.2) is 4.79 Å². The van der Waals surface area contributed by atoms with Gasteiger partial charge in [0.15, 0.2) is 6.61 Å². The minimum Gasteiger partial charge on any atom is -0.452 e. The first-order valence-electron chi connectivity index (χ1n) is 11.0. The van der Waals surface area contributed by atoms with Gasteiger partial charge in [0.2, 0.25) is 0 Å². The molecule has 0 aromatic heterocycles. The lowest BCUT2D eigenvalue weighted by Crippen LogP contribution is -2.38. The van der Waals surface area contributed by atoms with E-state index in [0.29, 0.717) is 11.6 Å². The number of ether oxygens (including phenoxy) is 1. The van der Waals surface area contributed by atoms with Gasteiger partial charge in [-0.2, -0.15) is 0 Å². The van der Waals surface area contributed by atoms with E-state index in [-0.39, 0.29) is 23.2 Å². The summed E-state index contributed by atoms with van der Waals surface area (Å²) in [5, 5.41) is 11.7. The molecular formula is C24H27N3O5. The number of anilines is 2. The van der Waals surface area contributed by atoms with E-state index in [9.17, 15) is 19.7 Å². The predicted molar refractivity (Wildman–Crippen MR) is 121 cm³/mol. The first-order valence-corrected chi connectivity index (χ1v) is 11.0. The zero-order valence-corrected chi connectivity index (χ0v) is 18.3. The molecule has 0 unspecified atom stereocenters. The quantitative estimate of drug-likeness (QED) is 0.399. The number of esters is 1. The Morgan fingerprint density at radius 1 is 1.16 bits per heavy atom. The predicted octanol–water partition coefficient (Wildman–Crippen LogP) is 3.97. The number of nitro benzene ring substituents is 1. The second-order valence-electron chi connectivity index (χ2n) is 8.68. The van der Waals surface area contributed by atoms with Crippen molar-refractivity contribution in [3.05, 3.63) is 63.7 Å². The van der Waals surface area contributed by atoms with Crippen molar-refractivity contribution in [2.75, 3.05) is 29.5 Å². The van der Waals surface area contributed by atoms with Crippen molar-refractivity contribution in [3.8, 4) is 0 Å². The molecule has 2 aromatic carbocycles. The topological polar surface area (TPSA) is 93.0 Å². The van der Waals surface area contributed by atoms with Gasteiger partial charge in [-0.1, -0.05) is 25.1 Å². The number of rotatable bonds is 5. The van der Waals surface area contributed by atoms with Gasteiger partial charge in [0, 0.05) is 30.9 Å². The van der Waals surface area contributed by atoms with Crippen molar-refractivity contribution in [1.29, 1.82) is 0 Å². The van der Waals surface area contributed by atoms with Crippen LogP contribution < -0.4 is 9.80 Å². The lowest BCUT2D eigenvalue weighted by molar-refractivity contribution is -0.384. The van der Waals surface area contributed by atoms with Crippen molar-refractivity contribution in [2.45, 2.75) is 39.2 Å². The Balaban J connectivity index is 1.46. The molecule has 2 heterocycles. The third kappa shape index (κ3) is 4.30. The highest BCUT2D eigenvalue weighted by Crippen LogP contribution is 2.33. The molecule has 2 aromatic rings. The summed E-state index contributed by atoms with van der Waals surface area (Å²) >= 11 is 0. The number of nitrogens with zero attached hydrogens (tertiary/aromatic N) is 3. The van der Waals surface area contributed by atoms with Gasteiger partial charge in [0.25, 0.3) is 11.6 Å². The summed E-state index contributed by atoms with van der Waals surface area (Å²) in [5.74, 6) is -0.610. The Morgan fingerprint density at radius 2 is 1.94 bits per heavy atom. The summed E-state index contributed by atoms with van der Waals surface area (Å²) < 4.78 is 5.24. The molecule has 0 aliphatic carbocycles. The highest BCUT2D eigenvalue weighted by atomic mass is 16.6. The van der Waals surface area contributed by atoms with Gasteiger partial charge >= 0.3 is 5.97 Å². The van der Waals surface area contributed by atoms with E-state index in [4.69, 9.17) is 4.74 Å². The molecule has 0 bridgehead atoms. The van der Waals surface area contributed by atoms with Crippen LogP contribution >= 0.6 is 0 Å². The van der Waals surface area contributed by atoms with Crippen molar-refractivity contribution in [1.82, 2.24) is 0 Å². The van der Waals surface area contributed by atoms with Crippen LogP contribution in [0.3, 0.4) is 0 Å². The molecule has 0 N–H and O–H groups in total. The maximum absolute atomic E-state index is 12.8. The van der Waals surface area contributed by atoms with Gasteiger partial charge in [0.1, 0.15) is 5.69 Å². The average Bonchev–Trinajstić information content (AvgIpc) is 3.12. The lowest BCUT2D eigenvalue weighted by Gasteiger charge is -2.32. The van der Waals surface area contributed by atoms with Crippen LogP contribution in [0.15, 0.2) is 42.5 Å². The fourth-order valence-electron chi connectivity index (χ4n) is 4.70. The highest BCUT2D eigenvalue weighted by molar-refractivity contribution is 5.99. The van der Waals surface area contributed by atoms with Crippen molar-refractivity contribution >= 4 is 28.9 Å². The van der Waals surface area contributed by atoms with Gasteiger partial charge < -0.3 is 14.5 Å². The standard InChI is InChI=1S/C24H27N3O5/c1-16-6-5-11-25(14-16)21-10-9-19(13-22(21)27(30)31)24(29)32-15-23(28)26-17(2)12-18-7-3-4-8-20(18)26/h3-4,7-10,13,16-17H,5-6,11-12,14-15H2,1-2H3/t16-,17-/m1/s1. The number of hydrogen-bond donors (Lipinski definition) is 0. The first-order chi connectivity index (χ1) is 15.3. The second-order valence-corrected chi connectivity index (χ2v) is 8.68. The Bertz CT molecular complexity index is 1050. The molecule has 32 heavy (non-hydrogen) atoms. The molecular weight excluding hydrogens is 410 g/mol. The fourth-order valence-corrected chi connectivity index (χ4v) is 4.70. The number of carbonyl (C=O) groups excluding carboxylic acids is 2. The summed E-state index contributed by atoms with van der Waals surface area (Å²) in [4.78, 5) is 40.2. The molecule has 8 heteroatoms. The van der Waals surface area contributed by atoms with Crippen molar-refractivity contribution < 1.29 is 19.2 Å². The molecule has 2 atom stereocenters. The SMILES string of the molecule is C[C@@H]1CCCN(c2ccc(C(=O)OCC(=O)N3c4ccccc4C[C@H]3C)cc2[N+](=O)[O-])C1. The van der Waals surface area contributed by atoms with E-state index < -0.39 is 17.5 Å². The maximum atomic E-state index is 12.8. The molecule has 8 nitrogen and oxygen atoms in total. The Labute approximate surface area is 186 Å². The van der Waals surface area contributed by atoms with Crippen LogP contribution in [0.1, 0.15) is 42.6 Å². The lowest BCUT2D eigenvalue weighted by atomic mass is 9.99. The zero-order chi connectivity index (χ0) is 22.8. The van der Waals surface area contributed by atoms with Crippen molar-refractivity contribution in [3.63, 3.8) is 0 Å². The van der Waals surface area contributed by atoms with Gasteiger partial charge in [-0.05, 0) is 55.9 Å². The molecule has 168 valence electrons. The minimum absolute atomic E-state index is 0.0223. The number of piperidine rings is 1. The minimum atomic E-state index is -0.750. The van der Waals surface area contributed by atoms with Crippen LogP contribution in [-0.2, 0) is 16.0 Å². The average molecular weight is 437 g/mol. The number of carbonyl (C=O) groups is 2. The number of fused-ring (bicyclic) bond motifs is 1. The number of benzene rings is 2. The summed E-state index contributed by atoms with van der Waals surface area (Å²) in [5.41, 5.74) is 2.36. The Morgan fingerprint density at radius 3 is 2.69 bits per heavy atom. The van der Waals surface area contributed by atoms with Crippen molar-refractivity contribution in [2.24, 2.45) is 5.92 Å². The molecule has 0 radical (unpaired) electrons. The Kier molecular flexibility index (Phi) is 6.12.